The third-order valence-corrected chi connectivity index (χ3v) is 3.48. The fourth-order valence-electron chi connectivity index (χ4n) is 2.26. The van der Waals surface area contributed by atoms with Crippen molar-refractivity contribution in [3.8, 4) is 11.5 Å². The number of methoxy groups -OCH3 is 1. The molecule has 1 N–H and O–H groups in total. The van der Waals surface area contributed by atoms with Crippen LogP contribution in [0.4, 0.5) is 0 Å². The molecule has 1 aromatic heterocycles. The van der Waals surface area contributed by atoms with Crippen molar-refractivity contribution in [3.05, 3.63) is 35.9 Å². The summed E-state index contributed by atoms with van der Waals surface area (Å²) in [5.74, 6) is 1.89. The number of nitrogens with zero attached hydrogens (tertiary/aromatic N) is 3. The smallest absolute Gasteiger partial charge is 0.251 e. The molecule has 0 saturated carbocycles. The number of hydrogen-bond donors (Lipinski definition) is 1. The molecule has 1 aromatic carbocycles. The van der Waals surface area contributed by atoms with Crippen molar-refractivity contribution >= 4 is 5.91 Å². The lowest BCUT2D eigenvalue weighted by atomic mass is 10.1. The highest BCUT2D eigenvalue weighted by Crippen LogP contribution is 2.28. The lowest BCUT2D eigenvalue weighted by Gasteiger charge is -2.13. The maximum Gasteiger partial charge on any atom is 0.251 e. The summed E-state index contributed by atoms with van der Waals surface area (Å²) in [7, 11) is 3.43. The van der Waals surface area contributed by atoms with Crippen molar-refractivity contribution in [3.63, 3.8) is 0 Å². The van der Waals surface area contributed by atoms with Gasteiger partial charge in [0.2, 0.25) is 0 Å². The second-order valence-electron chi connectivity index (χ2n) is 5.21. The van der Waals surface area contributed by atoms with Crippen LogP contribution in [0.25, 0.3) is 0 Å². The first kappa shape index (κ1) is 16.8. The van der Waals surface area contributed by atoms with E-state index in [-0.39, 0.29) is 11.8 Å². The molecule has 0 aliphatic carbocycles. The van der Waals surface area contributed by atoms with E-state index in [2.05, 4.69) is 15.5 Å². The van der Waals surface area contributed by atoms with Gasteiger partial charge in [-0.2, -0.15) is 0 Å². The van der Waals surface area contributed by atoms with Crippen molar-refractivity contribution in [2.45, 2.75) is 19.8 Å². The highest BCUT2D eigenvalue weighted by molar-refractivity contribution is 5.94. The van der Waals surface area contributed by atoms with Gasteiger partial charge in [0.25, 0.3) is 5.91 Å². The van der Waals surface area contributed by atoms with Gasteiger partial charge in [-0.1, -0.05) is 6.92 Å². The van der Waals surface area contributed by atoms with Gasteiger partial charge in [-0.3, -0.25) is 4.79 Å². The molecule has 1 atom stereocenters. The average Bonchev–Trinajstić information content (AvgIpc) is 2.99. The van der Waals surface area contributed by atoms with Gasteiger partial charge in [0, 0.05) is 25.1 Å². The van der Waals surface area contributed by atoms with Crippen LogP contribution in [0.15, 0.2) is 24.5 Å². The van der Waals surface area contributed by atoms with Crippen molar-refractivity contribution in [2.75, 3.05) is 20.3 Å². The maximum atomic E-state index is 12.3. The standard InChI is InChI=1S/C16H22N4O3/c1-5-23-13-7-6-12(8-14(13)22-4)16(21)17-9-11(2)15-19-18-10-20(15)3/h6-8,10-11H,5,9H2,1-4H3,(H,17,21)/t11-/m1/s1. The number of carbonyl (C=O) groups excluding carboxylic acids is 1. The van der Waals surface area contributed by atoms with Gasteiger partial charge in [-0.25, -0.2) is 0 Å². The van der Waals surface area contributed by atoms with Crippen molar-refractivity contribution in [1.82, 2.24) is 20.1 Å². The van der Waals surface area contributed by atoms with Crippen molar-refractivity contribution in [1.29, 1.82) is 0 Å². The minimum atomic E-state index is -0.166. The Balaban J connectivity index is 2.02. The van der Waals surface area contributed by atoms with Gasteiger partial charge in [0.15, 0.2) is 11.5 Å². The topological polar surface area (TPSA) is 78.3 Å². The summed E-state index contributed by atoms with van der Waals surface area (Å²) in [6.07, 6.45) is 1.64. The molecule has 0 bridgehead atoms. The van der Waals surface area contributed by atoms with Gasteiger partial charge in [-0.15, -0.1) is 10.2 Å². The Morgan fingerprint density at radius 1 is 1.39 bits per heavy atom. The molecule has 7 heteroatoms. The molecule has 0 unspecified atom stereocenters. The van der Waals surface area contributed by atoms with Crippen LogP contribution in [-0.2, 0) is 7.05 Å². The number of hydrogen-bond acceptors (Lipinski definition) is 5. The molecule has 0 aliphatic heterocycles. The summed E-state index contributed by atoms with van der Waals surface area (Å²) in [6, 6.07) is 5.13. The molecule has 124 valence electrons. The van der Waals surface area contributed by atoms with E-state index in [0.717, 1.165) is 5.82 Å². The second-order valence-corrected chi connectivity index (χ2v) is 5.21. The van der Waals surface area contributed by atoms with E-state index in [4.69, 9.17) is 9.47 Å². The fraction of sp³-hybridized carbons (Fsp3) is 0.438. The normalized spacial score (nSPS) is 11.8. The van der Waals surface area contributed by atoms with E-state index in [1.807, 2.05) is 25.5 Å². The molecular weight excluding hydrogens is 296 g/mol. The molecule has 0 spiro atoms. The van der Waals surface area contributed by atoms with Crippen LogP contribution in [-0.4, -0.2) is 40.9 Å². The highest BCUT2D eigenvalue weighted by atomic mass is 16.5. The zero-order chi connectivity index (χ0) is 16.8. The minimum absolute atomic E-state index is 0.0658. The van der Waals surface area contributed by atoms with Crippen LogP contribution in [0.2, 0.25) is 0 Å². The molecule has 0 saturated heterocycles. The van der Waals surface area contributed by atoms with Gasteiger partial charge in [-0.05, 0) is 25.1 Å². The molecule has 0 radical (unpaired) electrons. The van der Waals surface area contributed by atoms with Gasteiger partial charge in [0.1, 0.15) is 12.2 Å². The zero-order valence-corrected chi connectivity index (χ0v) is 13.9. The Labute approximate surface area is 135 Å². The van der Waals surface area contributed by atoms with Crippen LogP contribution >= 0.6 is 0 Å². The lowest BCUT2D eigenvalue weighted by Crippen LogP contribution is -2.28. The summed E-state index contributed by atoms with van der Waals surface area (Å²) >= 11 is 0. The van der Waals surface area contributed by atoms with Crippen LogP contribution < -0.4 is 14.8 Å². The Bertz CT molecular complexity index is 669. The molecule has 7 nitrogen and oxygen atoms in total. The molecule has 1 amide bonds. The van der Waals surface area contributed by atoms with Crippen molar-refractivity contribution < 1.29 is 14.3 Å². The zero-order valence-electron chi connectivity index (χ0n) is 13.9. The Hall–Kier alpha value is -2.57. The summed E-state index contributed by atoms with van der Waals surface area (Å²) in [6.45, 7) is 4.90. The number of rotatable bonds is 7. The van der Waals surface area contributed by atoms with Crippen LogP contribution in [0.5, 0.6) is 11.5 Å². The monoisotopic (exact) mass is 318 g/mol. The first-order valence-corrected chi connectivity index (χ1v) is 7.49. The molecule has 23 heavy (non-hydrogen) atoms. The third-order valence-electron chi connectivity index (χ3n) is 3.48. The molecule has 2 aromatic rings. The Morgan fingerprint density at radius 3 is 2.78 bits per heavy atom. The summed E-state index contributed by atoms with van der Waals surface area (Å²) in [5.41, 5.74) is 0.524. The average molecular weight is 318 g/mol. The fourth-order valence-corrected chi connectivity index (χ4v) is 2.26. The van der Waals surface area contributed by atoms with Gasteiger partial charge in [0.05, 0.1) is 13.7 Å². The number of aromatic nitrogens is 3. The number of benzene rings is 1. The predicted octanol–water partition coefficient (Wildman–Crippen LogP) is 1.76. The van der Waals surface area contributed by atoms with E-state index in [1.54, 1.807) is 31.6 Å². The largest absolute Gasteiger partial charge is 0.493 e. The Morgan fingerprint density at radius 2 is 2.17 bits per heavy atom. The Kier molecular flexibility index (Phi) is 5.56. The maximum absolute atomic E-state index is 12.3. The molecule has 2 rings (SSSR count). The molecule has 1 heterocycles. The van der Waals surface area contributed by atoms with Crippen LogP contribution in [0, 0.1) is 0 Å². The van der Waals surface area contributed by atoms with Gasteiger partial charge < -0.3 is 19.4 Å². The van der Waals surface area contributed by atoms with E-state index in [9.17, 15) is 4.79 Å². The number of carbonyl (C=O) groups is 1. The minimum Gasteiger partial charge on any atom is -0.493 e. The number of nitrogens with one attached hydrogen (secondary N) is 1. The summed E-state index contributed by atoms with van der Waals surface area (Å²) < 4.78 is 12.6. The molecular formula is C16H22N4O3. The number of aryl methyl sites for hydroxylation is 1. The highest BCUT2D eigenvalue weighted by Gasteiger charge is 2.15. The third kappa shape index (κ3) is 4.00. The van der Waals surface area contributed by atoms with E-state index < -0.39 is 0 Å². The van der Waals surface area contributed by atoms with E-state index in [1.165, 1.54) is 0 Å². The van der Waals surface area contributed by atoms with Crippen molar-refractivity contribution in [2.24, 2.45) is 7.05 Å². The first-order chi connectivity index (χ1) is 11.1. The second kappa shape index (κ2) is 7.62. The van der Waals surface area contributed by atoms with Crippen LogP contribution in [0.3, 0.4) is 0 Å². The molecule has 0 fully saturated rings. The summed E-state index contributed by atoms with van der Waals surface area (Å²) in [4.78, 5) is 12.3. The van der Waals surface area contributed by atoms with Gasteiger partial charge >= 0.3 is 0 Å². The van der Waals surface area contributed by atoms with E-state index >= 15 is 0 Å². The van der Waals surface area contributed by atoms with Crippen LogP contribution in [0.1, 0.15) is 35.9 Å². The lowest BCUT2D eigenvalue weighted by molar-refractivity contribution is 0.0951. The quantitative estimate of drug-likeness (QED) is 0.841. The number of amides is 1. The van der Waals surface area contributed by atoms with E-state index in [0.29, 0.717) is 30.2 Å². The summed E-state index contributed by atoms with van der Waals surface area (Å²) in [5, 5.41) is 10.8. The predicted molar refractivity (Wildman–Crippen MR) is 85.9 cm³/mol. The first-order valence-electron chi connectivity index (χ1n) is 7.49. The SMILES string of the molecule is CCOc1ccc(C(=O)NC[C@@H](C)c2nncn2C)cc1OC. The molecule has 0 aliphatic rings. The number of ether oxygens (including phenoxy) is 2.